The molecule has 0 saturated carbocycles. The van der Waals surface area contributed by atoms with E-state index < -0.39 is 0 Å². The van der Waals surface area contributed by atoms with Gasteiger partial charge in [0.05, 0.1) is 0 Å². The molecule has 1 N–H and O–H groups in total. The van der Waals surface area contributed by atoms with Crippen molar-refractivity contribution in [1.82, 2.24) is 5.32 Å². The quantitative estimate of drug-likeness (QED) is 0.882. The maximum Gasteiger partial charge on any atom is 0.129 e. The minimum Gasteiger partial charge on any atom is -0.306 e. The number of nitrogens with one attached hydrogen (secondary N) is 1. The molecule has 0 aliphatic rings. The first-order valence-corrected chi connectivity index (χ1v) is 6.04. The van der Waals surface area contributed by atoms with Crippen molar-refractivity contribution in [3.05, 3.63) is 45.7 Å². The first-order valence-electron chi connectivity index (χ1n) is 5.25. The van der Waals surface area contributed by atoms with E-state index >= 15 is 0 Å². The Labute approximate surface area is 105 Å². The molecule has 1 aromatic carbocycles. The van der Waals surface area contributed by atoms with Gasteiger partial charge in [-0.25, -0.2) is 4.39 Å². The predicted octanol–water partition coefficient (Wildman–Crippen LogP) is 4.00. The van der Waals surface area contributed by atoms with Crippen molar-refractivity contribution in [2.24, 2.45) is 0 Å². The van der Waals surface area contributed by atoms with E-state index in [-0.39, 0.29) is 11.9 Å². The van der Waals surface area contributed by atoms with Crippen LogP contribution in [0.25, 0.3) is 0 Å². The predicted molar refractivity (Wildman–Crippen MR) is 70.4 cm³/mol. The van der Waals surface area contributed by atoms with Crippen molar-refractivity contribution in [3.8, 4) is 0 Å². The summed E-state index contributed by atoms with van der Waals surface area (Å²) < 4.78 is 14.4. The van der Waals surface area contributed by atoms with E-state index in [1.807, 2.05) is 12.1 Å². The van der Waals surface area contributed by atoms with Gasteiger partial charge in [0, 0.05) is 17.1 Å². The third-order valence-electron chi connectivity index (χ3n) is 2.56. The lowest BCUT2D eigenvalue weighted by molar-refractivity contribution is 0.593. The van der Waals surface area contributed by atoms with Crippen LogP contribution in [0, 0.1) is 19.7 Å². The van der Waals surface area contributed by atoms with Gasteiger partial charge < -0.3 is 5.32 Å². The second-order valence-electron chi connectivity index (χ2n) is 4.09. The zero-order valence-corrected chi connectivity index (χ0v) is 11.5. The molecule has 1 atom stereocenters. The highest BCUT2D eigenvalue weighted by atomic mass is 79.9. The summed E-state index contributed by atoms with van der Waals surface area (Å²) in [7, 11) is 0. The molecule has 0 aliphatic carbocycles. The van der Waals surface area contributed by atoms with Crippen molar-refractivity contribution < 1.29 is 4.39 Å². The molecular weight excluding hydrogens is 269 g/mol. The Morgan fingerprint density at radius 2 is 1.94 bits per heavy atom. The molecule has 88 valence electrons. The first-order chi connectivity index (χ1) is 7.41. The average Bonchev–Trinajstić information content (AvgIpc) is 2.21. The van der Waals surface area contributed by atoms with Crippen LogP contribution in [0.4, 0.5) is 4.39 Å². The Kier molecular flexibility index (Phi) is 4.69. The molecule has 0 spiro atoms. The molecule has 1 unspecified atom stereocenters. The smallest absolute Gasteiger partial charge is 0.129 e. The second-order valence-corrected chi connectivity index (χ2v) is 5.21. The Morgan fingerprint density at radius 3 is 2.38 bits per heavy atom. The van der Waals surface area contributed by atoms with Crippen molar-refractivity contribution in [2.45, 2.75) is 26.8 Å². The summed E-state index contributed by atoms with van der Waals surface area (Å²) in [5.74, 6) is -0.110. The molecule has 1 aromatic rings. The molecule has 0 aliphatic heterocycles. The minimum absolute atomic E-state index is 0.110. The molecule has 0 radical (unpaired) electrons. The molecule has 3 heteroatoms. The Morgan fingerprint density at radius 1 is 1.44 bits per heavy atom. The fourth-order valence-electron chi connectivity index (χ4n) is 1.61. The molecule has 0 saturated heterocycles. The Hall–Kier alpha value is -0.670. The number of aryl methyl sites for hydroxylation is 2. The lowest BCUT2D eigenvalue weighted by Gasteiger charge is -2.15. The Balaban J connectivity index is 2.84. The van der Waals surface area contributed by atoms with E-state index in [2.05, 4.69) is 34.7 Å². The van der Waals surface area contributed by atoms with Crippen LogP contribution in [-0.2, 0) is 0 Å². The van der Waals surface area contributed by atoms with E-state index in [9.17, 15) is 4.39 Å². The van der Waals surface area contributed by atoms with Crippen LogP contribution in [-0.4, -0.2) is 6.54 Å². The summed E-state index contributed by atoms with van der Waals surface area (Å²) >= 11 is 3.30. The Bertz CT molecular complexity index is 378. The van der Waals surface area contributed by atoms with Gasteiger partial charge in [-0.15, -0.1) is 0 Å². The highest BCUT2D eigenvalue weighted by Crippen LogP contribution is 2.20. The normalized spacial score (nSPS) is 12.6. The fraction of sp³-hybridized carbons (Fsp3) is 0.385. The highest BCUT2D eigenvalue weighted by molar-refractivity contribution is 9.11. The molecular formula is C13H17BrFN. The van der Waals surface area contributed by atoms with E-state index in [1.165, 1.54) is 0 Å². The topological polar surface area (TPSA) is 12.0 Å². The van der Waals surface area contributed by atoms with Crippen LogP contribution in [0.2, 0.25) is 0 Å². The SMILES string of the molecule is C=C(Br)CNC(C)c1cc(C)c(F)c(C)c1. The first kappa shape index (κ1) is 13.4. The molecule has 0 bridgehead atoms. The van der Waals surface area contributed by atoms with Crippen LogP contribution in [0.3, 0.4) is 0 Å². The third-order valence-corrected chi connectivity index (χ3v) is 2.84. The molecule has 1 rings (SSSR count). The number of hydrogen-bond donors (Lipinski definition) is 1. The van der Waals surface area contributed by atoms with Crippen LogP contribution in [0.5, 0.6) is 0 Å². The van der Waals surface area contributed by atoms with E-state index in [1.54, 1.807) is 13.8 Å². The van der Waals surface area contributed by atoms with Crippen molar-refractivity contribution >= 4 is 15.9 Å². The third kappa shape index (κ3) is 3.42. The molecule has 0 fully saturated rings. The van der Waals surface area contributed by atoms with Gasteiger partial charge >= 0.3 is 0 Å². The summed E-state index contributed by atoms with van der Waals surface area (Å²) in [4.78, 5) is 0. The van der Waals surface area contributed by atoms with Crippen molar-refractivity contribution in [2.75, 3.05) is 6.54 Å². The summed E-state index contributed by atoms with van der Waals surface area (Å²) in [6, 6.07) is 3.96. The van der Waals surface area contributed by atoms with Crippen LogP contribution >= 0.6 is 15.9 Å². The highest BCUT2D eigenvalue weighted by Gasteiger charge is 2.09. The minimum atomic E-state index is -0.110. The van der Waals surface area contributed by atoms with Gasteiger partial charge in [0.1, 0.15) is 5.82 Å². The van der Waals surface area contributed by atoms with Gasteiger partial charge in [-0.3, -0.25) is 0 Å². The number of hydrogen-bond acceptors (Lipinski definition) is 1. The van der Waals surface area contributed by atoms with Crippen molar-refractivity contribution in [3.63, 3.8) is 0 Å². The molecule has 0 amide bonds. The van der Waals surface area contributed by atoms with Gasteiger partial charge in [-0.05, 0) is 37.5 Å². The molecule has 16 heavy (non-hydrogen) atoms. The number of halogens is 2. The maximum absolute atomic E-state index is 13.4. The number of benzene rings is 1. The summed E-state index contributed by atoms with van der Waals surface area (Å²) in [5, 5.41) is 3.30. The fourth-order valence-corrected chi connectivity index (χ4v) is 1.77. The summed E-state index contributed by atoms with van der Waals surface area (Å²) in [5.41, 5.74) is 2.49. The molecule has 0 heterocycles. The van der Waals surface area contributed by atoms with E-state index in [0.29, 0.717) is 17.7 Å². The lowest BCUT2D eigenvalue weighted by Crippen LogP contribution is -2.20. The zero-order chi connectivity index (χ0) is 12.3. The largest absolute Gasteiger partial charge is 0.306 e. The zero-order valence-electron chi connectivity index (χ0n) is 9.90. The van der Waals surface area contributed by atoms with E-state index in [0.717, 1.165) is 10.0 Å². The van der Waals surface area contributed by atoms with E-state index in [4.69, 9.17) is 0 Å². The van der Waals surface area contributed by atoms with Gasteiger partial charge in [-0.1, -0.05) is 34.6 Å². The maximum atomic E-state index is 13.4. The van der Waals surface area contributed by atoms with Gasteiger partial charge in [0.2, 0.25) is 0 Å². The number of rotatable bonds is 4. The standard InChI is InChI=1S/C13H17BrFN/c1-8-5-12(6-9(2)13(8)15)11(4)16-7-10(3)14/h5-6,11,16H,3,7H2,1-2,4H3. The van der Waals surface area contributed by atoms with Gasteiger partial charge in [-0.2, -0.15) is 0 Å². The summed E-state index contributed by atoms with van der Waals surface area (Å²) in [6.07, 6.45) is 0. The summed E-state index contributed by atoms with van der Waals surface area (Å²) in [6.45, 7) is 10.1. The molecule has 0 aromatic heterocycles. The second kappa shape index (κ2) is 5.60. The average molecular weight is 286 g/mol. The monoisotopic (exact) mass is 285 g/mol. The van der Waals surface area contributed by atoms with Gasteiger partial charge in [0.15, 0.2) is 0 Å². The van der Waals surface area contributed by atoms with Crippen LogP contribution in [0.1, 0.15) is 29.7 Å². The van der Waals surface area contributed by atoms with Crippen LogP contribution in [0.15, 0.2) is 23.2 Å². The molecule has 1 nitrogen and oxygen atoms in total. The van der Waals surface area contributed by atoms with Crippen LogP contribution < -0.4 is 5.32 Å². The van der Waals surface area contributed by atoms with Crippen molar-refractivity contribution in [1.29, 1.82) is 0 Å². The van der Waals surface area contributed by atoms with Gasteiger partial charge in [0.25, 0.3) is 0 Å². The lowest BCUT2D eigenvalue weighted by atomic mass is 10.0.